The quantitative estimate of drug-likeness (QED) is 0.581. The normalized spacial score (nSPS) is 16.1. The van der Waals surface area contributed by atoms with Crippen LogP contribution in [-0.2, 0) is 6.54 Å². The van der Waals surface area contributed by atoms with Gasteiger partial charge in [-0.1, -0.05) is 24.3 Å². The number of benzene rings is 1. The first-order chi connectivity index (χ1) is 13.3. The summed E-state index contributed by atoms with van der Waals surface area (Å²) >= 11 is 0. The highest BCUT2D eigenvalue weighted by molar-refractivity contribution is 5.83. The van der Waals surface area contributed by atoms with Crippen molar-refractivity contribution >= 4 is 16.4 Å². The molecule has 134 valence electrons. The van der Waals surface area contributed by atoms with Crippen molar-refractivity contribution in [1.82, 2.24) is 14.3 Å². The number of pyridine rings is 1. The number of hydrogen-bond acceptors (Lipinski definition) is 2. The molecular formula is C23H22N4. The van der Waals surface area contributed by atoms with Gasteiger partial charge in [0.25, 0.3) is 0 Å². The van der Waals surface area contributed by atoms with Gasteiger partial charge in [0.2, 0.25) is 0 Å². The zero-order chi connectivity index (χ0) is 18.2. The molecule has 4 nitrogen and oxygen atoms in total. The summed E-state index contributed by atoms with van der Waals surface area (Å²) < 4.78 is 2.06. The summed E-state index contributed by atoms with van der Waals surface area (Å²) in [6, 6.07) is 17.0. The standard InChI is InChI=1S/C23H22N4/c24-13-20-18(16-27-10-4-3-7-23(20)27)15-26-11-8-17(9-12-26)21-14-25-22-6-2-1-5-19(21)22/h1-7,10,14,16-17,25H,8-9,11-12,15H2. The Labute approximate surface area is 158 Å². The Morgan fingerprint density at radius 2 is 1.89 bits per heavy atom. The second-order valence-electron chi connectivity index (χ2n) is 7.47. The van der Waals surface area contributed by atoms with Crippen molar-refractivity contribution in [2.45, 2.75) is 25.3 Å². The van der Waals surface area contributed by atoms with Gasteiger partial charge in [-0.05, 0) is 55.6 Å². The summed E-state index contributed by atoms with van der Waals surface area (Å²) in [6.07, 6.45) is 8.65. The molecule has 1 aromatic carbocycles. The van der Waals surface area contributed by atoms with Gasteiger partial charge in [0.05, 0.1) is 11.1 Å². The van der Waals surface area contributed by atoms with Crippen molar-refractivity contribution in [2.24, 2.45) is 0 Å². The lowest BCUT2D eigenvalue weighted by Gasteiger charge is -2.31. The van der Waals surface area contributed by atoms with Gasteiger partial charge in [0, 0.05) is 41.6 Å². The number of H-pyrrole nitrogens is 1. The van der Waals surface area contributed by atoms with Gasteiger partial charge in [-0.2, -0.15) is 5.26 Å². The fourth-order valence-corrected chi connectivity index (χ4v) is 4.50. The number of nitriles is 1. The summed E-state index contributed by atoms with van der Waals surface area (Å²) in [7, 11) is 0. The topological polar surface area (TPSA) is 47.2 Å². The Hall–Kier alpha value is -3.03. The largest absolute Gasteiger partial charge is 0.361 e. The number of aromatic nitrogens is 2. The molecule has 0 bridgehead atoms. The predicted molar refractivity (Wildman–Crippen MR) is 108 cm³/mol. The minimum atomic E-state index is 0.612. The van der Waals surface area contributed by atoms with Crippen LogP contribution in [0.1, 0.15) is 35.4 Å². The number of nitrogens with one attached hydrogen (secondary N) is 1. The fraction of sp³-hybridized carbons (Fsp3) is 0.261. The van der Waals surface area contributed by atoms with Gasteiger partial charge in [0.15, 0.2) is 0 Å². The number of rotatable bonds is 3. The summed E-state index contributed by atoms with van der Waals surface area (Å²) in [4.78, 5) is 5.90. The average molecular weight is 354 g/mol. The van der Waals surface area contributed by atoms with E-state index in [1.165, 1.54) is 16.5 Å². The molecule has 1 N–H and O–H groups in total. The van der Waals surface area contributed by atoms with Crippen LogP contribution in [0.3, 0.4) is 0 Å². The third kappa shape index (κ3) is 2.81. The maximum atomic E-state index is 9.62. The molecule has 1 aliphatic heterocycles. The van der Waals surface area contributed by atoms with Crippen LogP contribution in [0.15, 0.2) is 61.1 Å². The molecule has 0 unspecified atom stereocenters. The first-order valence-corrected chi connectivity index (χ1v) is 9.60. The highest BCUT2D eigenvalue weighted by Crippen LogP contribution is 2.33. The highest BCUT2D eigenvalue weighted by Gasteiger charge is 2.24. The maximum absolute atomic E-state index is 9.62. The molecule has 0 atom stereocenters. The number of fused-ring (bicyclic) bond motifs is 2. The predicted octanol–water partition coefficient (Wildman–Crippen LogP) is 4.67. The number of hydrogen-bond donors (Lipinski definition) is 1. The molecule has 3 aromatic heterocycles. The number of para-hydroxylation sites is 1. The Morgan fingerprint density at radius 1 is 1.07 bits per heavy atom. The van der Waals surface area contributed by atoms with E-state index in [2.05, 4.69) is 57.0 Å². The smallest absolute Gasteiger partial charge is 0.102 e. The molecular weight excluding hydrogens is 332 g/mol. The molecule has 0 spiro atoms. The Morgan fingerprint density at radius 3 is 2.74 bits per heavy atom. The highest BCUT2D eigenvalue weighted by atomic mass is 15.1. The molecule has 0 amide bonds. The Kier molecular flexibility index (Phi) is 3.95. The number of likely N-dealkylation sites (tertiary alicyclic amines) is 1. The van der Waals surface area contributed by atoms with Crippen LogP contribution >= 0.6 is 0 Å². The van der Waals surface area contributed by atoms with Gasteiger partial charge in [0.1, 0.15) is 6.07 Å². The summed E-state index contributed by atoms with van der Waals surface area (Å²) in [5.74, 6) is 0.612. The number of aromatic amines is 1. The lowest BCUT2D eigenvalue weighted by molar-refractivity contribution is 0.205. The Balaban J connectivity index is 1.32. The van der Waals surface area contributed by atoms with Crippen LogP contribution < -0.4 is 0 Å². The van der Waals surface area contributed by atoms with Gasteiger partial charge in [-0.15, -0.1) is 0 Å². The van der Waals surface area contributed by atoms with E-state index >= 15 is 0 Å². The minimum absolute atomic E-state index is 0.612. The molecule has 0 radical (unpaired) electrons. The lowest BCUT2D eigenvalue weighted by atomic mass is 9.89. The van der Waals surface area contributed by atoms with Crippen LogP contribution in [0.25, 0.3) is 16.4 Å². The molecule has 0 saturated carbocycles. The van der Waals surface area contributed by atoms with Crippen molar-refractivity contribution in [2.75, 3.05) is 13.1 Å². The van der Waals surface area contributed by atoms with Crippen LogP contribution in [0.4, 0.5) is 0 Å². The van der Waals surface area contributed by atoms with Crippen molar-refractivity contribution in [1.29, 1.82) is 5.26 Å². The van der Waals surface area contributed by atoms with Gasteiger partial charge in [-0.3, -0.25) is 4.90 Å². The molecule has 1 aliphatic rings. The molecule has 4 heterocycles. The monoisotopic (exact) mass is 354 g/mol. The second kappa shape index (κ2) is 6.61. The van der Waals surface area contributed by atoms with E-state index in [1.54, 1.807) is 0 Å². The van der Waals surface area contributed by atoms with E-state index < -0.39 is 0 Å². The molecule has 1 fully saturated rings. The Bertz CT molecular complexity index is 1140. The molecule has 4 heteroatoms. The SMILES string of the molecule is N#Cc1c(CN2CCC(c3c[nH]c4ccccc34)CC2)cn2ccccc12. The zero-order valence-corrected chi connectivity index (χ0v) is 15.2. The van der Waals surface area contributed by atoms with Crippen LogP contribution in [0, 0.1) is 11.3 Å². The average Bonchev–Trinajstić information content (AvgIpc) is 3.29. The van der Waals surface area contributed by atoms with Crippen molar-refractivity contribution in [3.05, 3.63) is 77.7 Å². The maximum Gasteiger partial charge on any atom is 0.102 e. The molecule has 5 rings (SSSR count). The summed E-state index contributed by atoms with van der Waals surface area (Å²) in [5, 5.41) is 11.0. The first-order valence-electron chi connectivity index (χ1n) is 9.60. The van der Waals surface area contributed by atoms with Crippen LogP contribution in [0.5, 0.6) is 0 Å². The molecule has 4 aromatic rings. The van der Waals surface area contributed by atoms with Crippen molar-refractivity contribution in [3.63, 3.8) is 0 Å². The summed E-state index contributed by atoms with van der Waals surface area (Å²) in [5.41, 5.74) is 5.64. The van der Waals surface area contributed by atoms with E-state index in [-0.39, 0.29) is 0 Å². The minimum Gasteiger partial charge on any atom is -0.361 e. The van der Waals surface area contributed by atoms with E-state index in [9.17, 15) is 5.26 Å². The van der Waals surface area contributed by atoms with Gasteiger partial charge in [-0.25, -0.2) is 0 Å². The third-order valence-corrected chi connectivity index (χ3v) is 5.92. The molecule has 1 saturated heterocycles. The lowest BCUT2D eigenvalue weighted by Crippen LogP contribution is -2.32. The summed E-state index contributed by atoms with van der Waals surface area (Å²) in [6.45, 7) is 2.99. The van der Waals surface area contributed by atoms with Gasteiger partial charge < -0.3 is 9.38 Å². The zero-order valence-electron chi connectivity index (χ0n) is 15.2. The molecule has 27 heavy (non-hydrogen) atoms. The van der Waals surface area contributed by atoms with E-state index in [0.717, 1.165) is 49.1 Å². The van der Waals surface area contributed by atoms with Crippen LogP contribution in [0.2, 0.25) is 0 Å². The number of piperidine rings is 1. The van der Waals surface area contributed by atoms with E-state index in [1.807, 2.05) is 24.4 Å². The van der Waals surface area contributed by atoms with E-state index in [0.29, 0.717) is 5.92 Å². The fourth-order valence-electron chi connectivity index (χ4n) is 4.50. The third-order valence-electron chi connectivity index (χ3n) is 5.92. The van der Waals surface area contributed by atoms with Gasteiger partial charge >= 0.3 is 0 Å². The second-order valence-corrected chi connectivity index (χ2v) is 7.47. The van der Waals surface area contributed by atoms with Crippen LogP contribution in [-0.4, -0.2) is 27.4 Å². The first kappa shape index (κ1) is 16.2. The van der Waals surface area contributed by atoms with Crippen molar-refractivity contribution in [3.8, 4) is 6.07 Å². The van der Waals surface area contributed by atoms with E-state index in [4.69, 9.17) is 0 Å². The number of nitrogens with zero attached hydrogens (tertiary/aromatic N) is 3. The van der Waals surface area contributed by atoms with Crippen molar-refractivity contribution < 1.29 is 0 Å². The molecule has 0 aliphatic carbocycles.